The lowest BCUT2D eigenvalue weighted by molar-refractivity contribution is -0.00680. The Hall–Kier alpha value is -0.890. The van der Waals surface area contributed by atoms with Crippen LogP contribution >= 0.6 is 11.6 Å². The van der Waals surface area contributed by atoms with E-state index in [1.54, 1.807) is 13.8 Å². The van der Waals surface area contributed by atoms with Crippen molar-refractivity contribution in [2.24, 2.45) is 17.0 Å². The van der Waals surface area contributed by atoms with Crippen LogP contribution in [0, 0.1) is 11.8 Å². The molecule has 1 aromatic heterocycles. The first kappa shape index (κ1) is 18.4. The number of halogens is 1. The summed E-state index contributed by atoms with van der Waals surface area (Å²) in [5.41, 5.74) is -0.806. The standard InChI is InChI=1S/C15H23ClN2O4S/c1-15(2,19)11-6-5-10(8-12(11)16)9-22-14-13(23(17,20)21)4-3-7-18-14/h3-4,7,10-12,19H,5-6,8-9H2,1-2H3,(H2,17,20,21). The maximum atomic E-state index is 11.5. The number of sulfonamides is 1. The molecule has 1 fully saturated rings. The number of aliphatic hydroxyl groups is 1. The first-order valence-corrected chi connectivity index (χ1v) is 9.54. The lowest BCUT2D eigenvalue weighted by atomic mass is 9.74. The van der Waals surface area contributed by atoms with E-state index in [4.69, 9.17) is 21.5 Å². The normalized spacial score (nSPS) is 26.0. The number of rotatable bonds is 5. The van der Waals surface area contributed by atoms with Gasteiger partial charge in [-0.25, -0.2) is 18.5 Å². The molecule has 0 spiro atoms. The minimum absolute atomic E-state index is 0.0192. The molecule has 1 saturated carbocycles. The van der Waals surface area contributed by atoms with Crippen molar-refractivity contribution in [2.75, 3.05) is 6.61 Å². The third kappa shape index (κ3) is 4.79. The van der Waals surface area contributed by atoms with Crippen LogP contribution in [0.15, 0.2) is 23.2 Å². The molecule has 0 aromatic carbocycles. The molecule has 23 heavy (non-hydrogen) atoms. The van der Waals surface area contributed by atoms with E-state index >= 15 is 0 Å². The fourth-order valence-corrected chi connectivity index (χ4v) is 4.35. The van der Waals surface area contributed by atoms with Gasteiger partial charge in [0.2, 0.25) is 15.9 Å². The molecule has 6 nitrogen and oxygen atoms in total. The SMILES string of the molecule is CC(C)(O)C1CCC(COc2ncccc2S(N)(=O)=O)CC1Cl. The van der Waals surface area contributed by atoms with E-state index in [0.29, 0.717) is 13.0 Å². The molecule has 130 valence electrons. The van der Waals surface area contributed by atoms with Gasteiger partial charge >= 0.3 is 0 Å². The van der Waals surface area contributed by atoms with Gasteiger partial charge in [-0.2, -0.15) is 0 Å². The Morgan fingerprint density at radius 3 is 2.74 bits per heavy atom. The predicted molar refractivity (Wildman–Crippen MR) is 87.9 cm³/mol. The molecule has 1 aromatic rings. The summed E-state index contributed by atoms with van der Waals surface area (Å²) in [5, 5.41) is 15.1. The van der Waals surface area contributed by atoms with Crippen LogP contribution in [-0.4, -0.2) is 36.1 Å². The summed E-state index contributed by atoms with van der Waals surface area (Å²) >= 11 is 6.40. The summed E-state index contributed by atoms with van der Waals surface area (Å²) in [6.07, 6.45) is 3.82. The summed E-state index contributed by atoms with van der Waals surface area (Å²) in [4.78, 5) is 3.83. The van der Waals surface area contributed by atoms with E-state index in [9.17, 15) is 13.5 Å². The number of primary sulfonamides is 1. The Labute approximate surface area is 142 Å². The molecule has 1 aliphatic carbocycles. The number of alkyl halides is 1. The van der Waals surface area contributed by atoms with E-state index in [1.165, 1.54) is 18.3 Å². The number of hydrogen-bond donors (Lipinski definition) is 2. The minimum Gasteiger partial charge on any atom is -0.476 e. The van der Waals surface area contributed by atoms with Gasteiger partial charge in [0, 0.05) is 17.5 Å². The molecule has 8 heteroatoms. The van der Waals surface area contributed by atoms with Gasteiger partial charge in [-0.3, -0.25) is 0 Å². The zero-order valence-electron chi connectivity index (χ0n) is 13.3. The van der Waals surface area contributed by atoms with Gasteiger partial charge < -0.3 is 9.84 Å². The van der Waals surface area contributed by atoms with Crippen molar-refractivity contribution >= 4 is 21.6 Å². The largest absolute Gasteiger partial charge is 0.476 e. The molecular formula is C15H23ClN2O4S. The molecule has 0 amide bonds. The second-order valence-corrected chi connectivity index (χ2v) is 8.71. The summed E-state index contributed by atoms with van der Waals surface area (Å²) in [7, 11) is -3.87. The second kappa shape index (κ2) is 6.93. The van der Waals surface area contributed by atoms with Gasteiger partial charge in [0.15, 0.2) is 0 Å². The smallest absolute Gasteiger partial charge is 0.243 e. The molecule has 3 unspecified atom stereocenters. The summed E-state index contributed by atoms with van der Waals surface area (Å²) < 4.78 is 28.6. The molecule has 0 bridgehead atoms. The van der Waals surface area contributed by atoms with E-state index in [0.717, 1.165) is 12.8 Å². The van der Waals surface area contributed by atoms with E-state index in [-0.39, 0.29) is 28.0 Å². The molecule has 0 saturated heterocycles. The van der Waals surface area contributed by atoms with E-state index < -0.39 is 15.6 Å². The molecule has 2 rings (SSSR count). The zero-order valence-corrected chi connectivity index (χ0v) is 14.8. The molecule has 1 aliphatic rings. The van der Waals surface area contributed by atoms with Gasteiger partial charge in [0.1, 0.15) is 4.90 Å². The van der Waals surface area contributed by atoms with Crippen molar-refractivity contribution in [1.29, 1.82) is 0 Å². The van der Waals surface area contributed by atoms with Crippen molar-refractivity contribution in [3.8, 4) is 5.88 Å². The van der Waals surface area contributed by atoms with Crippen LogP contribution in [0.5, 0.6) is 5.88 Å². The van der Waals surface area contributed by atoms with Crippen molar-refractivity contribution in [1.82, 2.24) is 4.98 Å². The van der Waals surface area contributed by atoms with Gasteiger partial charge in [0.05, 0.1) is 12.2 Å². The highest BCUT2D eigenvalue weighted by molar-refractivity contribution is 7.89. The number of ether oxygens (including phenoxy) is 1. The third-order valence-corrected chi connectivity index (χ3v) is 5.69. The van der Waals surface area contributed by atoms with E-state index in [1.807, 2.05) is 0 Å². The molecule has 3 N–H and O–H groups in total. The predicted octanol–water partition coefficient (Wildman–Crippen LogP) is 1.90. The fraction of sp³-hybridized carbons (Fsp3) is 0.667. The Morgan fingerprint density at radius 2 is 2.17 bits per heavy atom. The number of aromatic nitrogens is 1. The van der Waals surface area contributed by atoms with Crippen LogP contribution < -0.4 is 9.88 Å². The van der Waals surface area contributed by atoms with Crippen LogP contribution in [0.4, 0.5) is 0 Å². The Bertz CT molecular complexity index is 645. The lowest BCUT2D eigenvalue weighted by Crippen LogP contribution is -2.41. The lowest BCUT2D eigenvalue weighted by Gasteiger charge is -2.39. The first-order chi connectivity index (χ1) is 10.6. The molecule has 1 heterocycles. The highest BCUT2D eigenvalue weighted by Gasteiger charge is 2.38. The summed E-state index contributed by atoms with van der Waals surface area (Å²) in [6, 6.07) is 2.86. The third-order valence-electron chi connectivity index (χ3n) is 4.29. The quantitative estimate of drug-likeness (QED) is 0.779. The maximum absolute atomic E-state index is 11.5. The van der Waals surface area contributed by atoms with Gasteiger partial charge in [-0.05, 0) is 51.2 Å². The number of nitrogens with zero attached hydrogens (tertiary/aromatic N) is 1. The van der Waals surface area contributed by atoms with Crippen LogP contribution in [0.2, 0.25) is 0 Å². The van der Waals surface area contributed by atoms with E-state index in [2.05, 4.69) is 4.98 Å². The number of pyridine rings is 1. The van der Waals surface area contributed by atoms with Crippen LogP contribution in [0.25, 0.3) is 0 Å². The summed E-state index contributed by atoms with van der Waals surface area (Å²) in [5.74, 6) is 0.243. The van der Waals surface area contributed by atoms with Crippen molar-refractivity contribution in [2.45, 2.75) is 49.0 Å². The average Bonchev–Trinajstić information content (AvgIpc) is 2.43. The summed E-state index contributed by atoms with van der Waals surface area (Å²) in [6.45, 7) is 3.87. The highest BCUT2D eigenvalue weighted by Crippen LogP contribution is 2.38. The first-order valence-electron chi connectivity index (χ1n) is 7.56. The monoisotopic (exact) mass is 362 g/mol. The van der Waals surface area contributed by atoms with Gasteiger partial charge in [-0.15, -0.1) is 11.6 Å². The Balaban J connectivity index is 1.99. The average molecular weight is 363 g/mol. The van der Waals surface area contributed by atoms with Crippen molar-refractivity contribution < 1.29 is 18.3 Å². The van der Waals surface area contributed by atoms with Gasteiger partial charge in [-0.1, -0.05) is 0 Å². The Kier molecular flexibility index (Phi) is 5.56. The molecule has 0 radical (unpaired) electrons. The van der Waals surface area contributed by atoms with Crippen LogP contribution in [0.1, 0.15) is 33.1 Å². The fourth-order valence-electron chi connectivity index (χ4n) is 3.04. The van der Waals surface area contributed by atoms with Crippen molar-refractivity contribution in [3.63, 3.8) is 0 Å². The molecule has 3 atom stereocenters. The second-order valence-electron chi connectivity index (χ2n) is 6.62. The molecular weight excluding hydrogens is 340 g/mol. The van der Waals surface area contributed by atoms with Crippen molar-refractivity contribution in [3.05, 3.63) is 18.3 Å². The molecule has 0 aliphatic heterocycles. The zero-order chi connectivity index (χ0) is 17.3. The topological polar surface area (TPSA) is 103 Å². The van der Waals surface area contributed by atoms with Crippen LogP contribution in [-0.2, 0) is 10.0 Å². The highest BCUT2D eigenvalue weighted by atomic mass is 35.5. The number of nitrogens with two attached hydrogens (primary N) is 1. The maximum Gasteiger partial charge on any atom is 0.243 e. The number of hydrogen-bond acceptors (Lipinski definition) is 5. The van der Waals surface area contributed by atoms with Crippen LogP contribution in [0.3, 0.4) is 0 Å². The Morgan fingerprint density at radius 1 is 1.48 bits per heavy atom. The van der Waals surface area contributed by atoms with Gasteiger partial charge in [0.25, 0.3) is 0 Å². The minimum atomic E-state index is -3.87.